The molecule has 0 aliphatic carbocycles. The fourth-order valence-electron chi connectivity index (χ4n) is 1.27. The average molecular weight is 228 g/mol. The van der Waals surface area contributed by atoms with Gasteiger partial charge in [0.15, 0.2) is 0 Å². The number of aryl methyl sites for hydroxylation is 1. The van der Waals surface area contributed by atoms with Crippen molar-refractivity contribution in [3.8, 4) is 0 Å². The van der Waals surface area contributed by atoms with Crippen molar-refractivity contribution in [1.29, 1.82) is 0 Å². The van der Waals surface area contributed by atoms with Gasteiger partial charge < -0.3 is 5.32 Å². The summed E-state index contributed by atoms with van der Waals surface area (Å²) in [5.74, 6) is 0. The Bertz CT molecular complexity index is 441. The van der Waals surface area contributed by atoms with Crippen molar-refractivity contribution in [3.63, 3.8) is 0 Å². The van der Waals surface area contributed by atoms with Gasteiger partial charge >= 0.3 is 0 Å². The molecule has 15 heavy (non-hydrogen) atoms. The highest BCUT2D eigenvalue weighted by Gasteiger charge is 2.12. The normalized spacial score (nSPS) is 11.4. The summed E-state index contributed by atoms with van der Waals surface area (Å²) < 4.78 is 25.4. The zero-order valence-electron chi connectivity index (χ0n) is 9.16. The number of benzene rings is 1. The van der Waals surface area contributed by atoms with Gasteiger partial charge in [-0.3, -0.25) is 0 Å². The number of hydrogen-bond acceptors (Lipinski definition) is 3. The van der Waals surface area contributed by atoms with Crippen LogP contribution in [0.1, 0.15) is 12.5 Å². The lowest BCUT2D eigenvalue weighted by atomic mass is 10.2. The van der Waals surface area contributed by atoms with E-state index in [1.807, 2.05) is 13.8 Å². The molecule has 84 valence electrons. The Morgan fingerprint density at radius 1 is 1.33 bits per heavy atom. The highest BCUT2D eigenvalue weighted by molar-refractivity contribution is 7.89. The lowest BCUT2D eigenvalue weighted by molar-refractivity contribution is 0.588. The number of sulfonamides is 1. The molecule has 0 spiro atoms. The Labute approximate surface area is 90.8 Å². The zero-order chi connectivity index (χ0) is 11.5. The van der Waals surface area contributed by atoms with E-state index in [9.17, 15) is 8.42 Å². The largest absolute Gasteiger partial charge is 0.385 e. The molecule has 0 bridgehead atoms. The van der Waals surface area contributed by atoms with Gasteiger partial charge in [0.05, 0.1) is 4.90 Å². The third-order valence-electron chi connectivity index (χ3n) is 2.16. The first kappa shape index (κ1) is 12.0. The molecule has 0 saturated carbocycles. The van der Waals surface area contributed by atoms with E-state index in [1.165, 1.54) is 7.05 Å². The van der Waals surface area contributed by atoms with Gasteiger partial charge in [-0.05, 0) is 38.6 Å². The average Bonchev–Trinajstić information content (AvgIpc) is 2.21. The van der Waals surface area contributed by atoms with Gasteiger partial charge in [-0.2, -0.15) is 0 Å². The van der Waals surface area contributed by atoms with Crippen molar-refractivity contribution in [2.45, 2.75) is 18.7 Å². The number of hydrogen-bond donors (Lipinski definition) is 2. The predicted octanol–water partition coefficient (Wildman–Crippen LogP) is 1.33. The summed E-state index contributed by atoms with van der Waals surface area (Å²) in [6, 6.07) is 5.04. The maximum atomic E-state index is 11.5. The second-order valence-electron chi connectivity index (χ2n) is 3.21. The van der Waals surface area contributed by atoms with Crippen LogP contribution < -0.4 is 10.0 Å². The van der Waals surface area contributed by atoms with Crippen LogP contribution in [0.3, 0.4) is 0 Å². The van der Waals surface area contributed by atoms with E-state index in [0.29, 0.717) is 0 Å². The van der Waals surface area contributed by atoms with Crippen LogP contribution in [0, 0.1) is 6.92 Å². The maximum Gasteiger partial charge on any atom is 0.240 e. The molecule has 1 aromatic carbocycles. The third-order valence-corrected chi connectivity index (χ3v) is 3.57. The van der Waals surface area contributed by atoms with E-state index in [1.54, 1.807) is 18.2 Å². The van der Waals surface area contributed by atoms with Gasteiger partial charge in [-0.25, -0.2) is 13.1 Å². The smallest absolute Gasteiger partial charge is 0.240 e. The Morgan fingerprint density at radius 3 is 2.53 bits per heavy atom. The van der Waals surface area contributed by atoms with Gasteiger partial charge in [-0.1, -0.05) is 6.07 Å². The summed E-state index contributed by atoms with van der Waals surface area (Å²) in [6.07, 6.45) is 0. The zero-order valence-corrected chi connectivity index (χ0v) is 9.98. The highest BCUT2D eigenvalue weighted by atomic mass is 32.2. The van der Waals surface area contributed by atoms with Crippen LogP contribution in [-0.4, -0.2) is 22.0 Å². The molecule has 0 heterocycles. The molecule has 1 aromatic rings. The number of nitrogens with one attached hydrogen (secondary N) is 2. The minimum Gasteiger partial charge on any atom is -0.385 e. The summed E-state index contributed by atoms with van der Waals surface area (Å²) in [7, 11) is -1.94. The molecular weight excluding hydrogens is 212 g/mol. The fraction of sp³-hybridized carbons (Fsp3) is 0.400. The first-order valence-electron chi connectivity index (χ1n) is 4.79. The van der Waals surface area contributed by atoms with Crippen LogP contribution in [0.25, 0.3) is 0 Å². The molecule has 0 fully saturated rings. The minimum absolute atomic E-state index is 0.284. The lowest BCUT2D eigenvalue weighted by Gasteiger charge is -2.09. The standard InChI is InChI=1S/C10H16N2O2S/c1-4-12-10-7-9(6-5-8(10)2)15(13,14)11-3/h5-7,11-12H,4H2,1-3H3. The van der Waals surface area contributed by atoms with Gasteiger partial charge in [-0.15, -0.1) is 0 Å². The summed E-state index contributed by atoms with van der Waals surface area (Å²) in [5, 5.41) is 3.12. The Balaban J connectivity index is 3.19. The van der Waals surface area contributed by atoms with Gasteiger partial charge in [0.2, 0.25) is 10.0 Å². The van der Waals surface area contributed by atoms with Gasteiger partial charge in [0.1, 0.15) is 0 Å². The van der Waals surface area contributed by atoms with Crippen molar-refractivity contribution in [3.05, 3.63) is 23.8 Å². The minimum atomic E-state index is -3.35. The number of anilines is 1. The highest BCUT2D eigenvalue weighted by Crippen LogP contribution is 2.19. The van der Waals surface area contributed by atoms with Crippen LogP contribution in [0.4, 0.5) is 5.69 Å². The Morgan fingerprint density at radius 2 is 2.00 bits per heavy atom. The molecule has 1 rings (SSSR count). The predicted molar refractivity (Wildman–Crippen MR) is 61.6 cm³/mol. The van der Waals surface area contributed by atoms with E-state index in [2.05, 4.69) is 10.0 Å². The van der Waals surface area contributed by atoms with Crippen molar-refractivity contribution in [2.75, 3.05) is 18.9 Å². The van der Waals surface area contributed by atoms with E-state index < -0.39 is 10.0 Å². The molecule has 0 aliphatic rings. The molecule has 0 aliphatic heterocycles. The molecule has 0 radical (unpaired) electrons. The molecule has 0 unspecified atom stereocenters. The maximum absolute atomic E-state index is 11.5. The molecular formula is C10H16N2O2S. The molecule has 0 saturated heterocycles. The Hall–Kier alpha value is -1.07. The van der Waals surface area contributed by atoms with Gasteiger partial charge in [0, 0.05) is 12.2 Å². The third kappa shape index (κ3) is 2.70. The topological polar surface area (TPSA) is 58.2 Å². The van der Waals surface area contributed by atoms with Crippen LogP contribution in [0.15, 0.2) is 23.1 Å². The molecule has 0 amide bonds. The van der Waals surface area contributed by atoms with Crippen molar-refractivity contribution < 1.29 is 8.42 Å². The van der Waals surface area contributed by atoms with Crippen LogP contribution in [-0.2, 0) is 10.0 Å². The summed E-state index contributed by atoms with van der Waals surface area (Å²) >= 11 is 0. The van der Waals surface area contributed by atoms with Gasteiger partial charge in [0.25, 0.3) is 0 Å². The molecule has 4 nitrogen and oxygen atoms in total. The summed E-state index contributed by atoms with van der Waals surface area (Å²) in [4.78, 5) is 0.284. The van der Waals surface area contributed by atoms with E-state index >= 15 is 0 Å². The van der Waals surface area contributed by atoms with Crippen LogP contribution in [0.5, 0.6) is 0 Å². The second kappa shape index (κ2) is 4.63. The Kier molecular flexibility index (Phi) is 3.71. The SMILES string of the molecule is CCNc1cc(S(=O)(=O)NC)ccc1C. The van der Waals surface area contributed by atoms with Crippen molar-refractivity contribution in [1.82, 2.24) is 4.72 Å². The summed E-state index contributed by atoms with van der Waals surface area (Å²) in [5.41, 5.74) is 1.89. The first-order valence-corrected chi connectivity index (χ1v) is 6.27. The van der Waals surface area contributed by atoms with Crippen LogP contribution in [0.2, 0.25) is 0 Å². The van der Waals surface area contributed by atoms with Crippen molar-refractivity contribution >= 4 is 15.7 Å². The molecule has 0 aromatic heterocycles. The molecule has 2 N–H and O–H groups in total. The molecule has 5 heteroatoms. The monoisotopic (exact) mass is 228 g/mol. The quantitative estimate of drug-likeness (QED) is 0.817. The van der Waals surface area contributed by atoms with Crippen LogP contribution >= 0.6 is 0 Å². The second-order valence-corrected chi connectivity index (χ2v) is 5.10. The number of rotatable bonds is 4. The molecule has 0 atom stereocenters. The fourth-order valence-corrected chi connectivity index (χ4v) is 2.02. The van der Waals surface area contributed by atoms with E-state index in [4.69, 9.17) is 0 Å². The van der Waals surface area contributed by atoms with E-state index in [0.717, 1.165) is 17.8 Å². The van der Waals surface area contributed by atoms with E-state index in [-0.39, 0.29) is 4.90 Å². The first-order chi connectivity index (χ1) is 7.01. The summed E-state index contributed by atoms with van der Waals surface area (Å²) in [6.45, 7) is 4.68. The van der Waals surface area contributed by atoms with Crippen molar-refractivity contribution in [2.24, 2.45) is 0 Å². The lowest BCUT2D eigenvalue weighted by Crippen LogP contribution is -2.18.